The van der Waals surface area contributed by atoms with Gasteiger partial charge in [-0.15, -0.1) is 0 Å². The van der Waals surface area contributed by atoms with Crippen molar-refractivity contribution >= 4 is 12.2 Å². The molecule has 1 aromatic heterocycles. The number of nitrogens with two attached hydrogens (primary N) is 1. The third kappa shape index (κ3) is 3.30. The number of fused-ring (bicyclic) bond motifs is 1. The summed E-state index contributed by atoms with van der Waals surface area (Å²) in [6.45, 7) is 0.840. The molecule has 0 saturated heterocycles. The van der Waals surface area contributed by atoms with Gasteiger partial charge >= 0.3 is 0 Å². The highest BCUT2D eigenvalue weighted by Crippen LogP contribution is 2.30. The number of hydrogen-bond acceptors (Lipinski definition) is 3. The second-order valence-corrected chi connectivity index (χ2v) is 7.98. The van der Waals surface area contributed by atoms with Crippen molar-refractivity contribution in [1.29, 1.82) is 0 Å². The third-order valence-corrected chi connectivity index (χ3v) is 6.18. The molecule has 3 aromatic carbocycles. The lowest BCUT2D eigenvalue weighted by molar-refractivity contribution is -0.690. The van der Waals surface area contributed by atoms with Gasteiger partial charge in [0, 0.05) is 12.0 Å². The summed E-state index contributed by atoms with van der Waals surface area (Å²) >= 11 is 5.73. The van der Waals surface area contributed by atoms with E-state index in [0.29, 0.717) is 16.9 Å². The van der Waals surface area contributed by atoms with Gasteiger partial charge in [-0.1, -0.05) is 60.7 Å². The van der Waals surface area contributed by atoms with Crippen molar-refractivity contribution in [3.63, 3.8) is 0 Å². The molecule has 0 spiro atoms. The lowest BCUT2D eigenvalue weighted by Crippen LogP contribution is -2.87. The first-order valence-corrected chi connectivity index (χ1v) is 10.7. The summed E-state index contributed by atoms with van der Waals surface area (Å²) in [4.78, 5) is 13.8. The van der Waals surface area contributed by atoms with Gasteiger partial charge in [0.2, 0.25) is 5.88 Å². The number of para-hydroxylation sites is 2. The smallest absolute Gasteiger partial charge is 0.272 e. The van der Waals surface area contributed by atoms with Crippen LogP contribution in [0.15, 0.2) is 89.7 Å². The lowest BCUT2D eigenvalue weighted by atomic mass is 9.90. The quantitative estimate of drug-likeness (QED) is 0.493. The van der Waals surface area contributed by atoms with Crippen molar-refractivity contribution in [3.05, 3.63) is 117 Å². The van der Waals surface area contributed by atoms with Gasteiger partial charge in [0.15, 0.2) is 4.77 Å². The summed E-state index contributed by atoms with van der Waals surface area (Å²) in [6, 6.07) is 26.6. The molecular weight excluding hydrogens is 406 g/mol. The standard InChI is InChI=1S/C25H21N3O2S/c29-23-21(22-20-14-8-7-9-17(20)15-16-26-22)24(30)28(19-12-5-2-6-13-19)25(31)27(23)18-10-3-1-4-11-18/h1-14,22,26,29H,15-16H2/p+1/t22-/m1/s1. The molecule has 1 aliphatic heterocycles. The molecule has 0 unspecified atom stereocenters. The van der Waals surface area contributed by atoms with Crippen molar-refractivity contribution in [1.82, 2.24) is 9.13 Å². The van der Waals surface area contributed by atoms with E-state index in [-0.39, 0.29) is 22.3 Å². The summed E-state index contributed by atoms with van der Waals surface area (Å²) in [6.07, 6.45) is 0.929. The molecule has 0 radical (unpaired) electrons. The molecular formula is C25H22N3O2S+. The van der Waals surface area contributed by atoms with Crippen molar-refractivity contribution in [3.8, 4) is 17.3 Å². The predicted molar refractivity (Wildman–Crippen MR) is 123 cm³/mol. The Hall–Kier alpha value is -3.48. The van der Waals surface area contributed by atoms with Crippen LogP contribution in [0, 0.1) is 4.77 Å². The number of rotatable bonds is 3. The largest absolute Gasteiger partial charge is 0.494 e. The molecule has 0 aliphatic carbocycles. The normalized spacial score (nSPS) is 15.4. The molecule has 0 saturated carbocycles. The van der Waals surface area contributed by atoms with Gasteiger partial charge < -0.3 is 10.4 Å². The van der Waals surface area contributed by atoms with Crippen LogP contribution in [0.3, 0.4) is 0 Å². The summed E-state index contributed by atoms with van der Waals surface area (Å²) in [5, 5.41) is 13.5. The highest BCUT2D eigenvalue weighted by atomic mass is 32.1. The molecule has 4 aromatic rings. The maximum absolute atomic E-state index is 13.8. The minimum Gasteiger partial charge on any atom is -0.494 e. The number of hydrogen-bond donors (Lipinski definition) is 2. The summed E-state index contributed by atoms with van der Waals surface area (Å²) < 4.78 is 3.33. The molecule has 31 heavy (non-hydrogen) atoms. The summed E-state index contributed by atoms with van der Waals surface area (Å²) in [5.74, 6) is -0.105. The Bertz CT molecular complexity index is 1360. The maximum atomic E-state index is 13.8. The molecule has 3 N–H and O–H groups in total. The number of nitrogens with zero attached hydrogens (tertiary/aromatic N) is 2. The summed E-state index contributed by atoms with van der Waals surface area (Å²) in [5.41, 5.74) is 3.69. The number of quaternary nitrogens is 1. The first-order valence-electron chi connectivity index (χ1n) is 10.3. The third-order valence-electron chi connectivity index (χ3n) is 5.81. The minimum absolute atomic E-state index is 0.105. The molecule has 5 nitrogen and oxygen atoms in total. The molecule has 6 heteroatoms. The van der Waals surface area contributed by atoms with E-state index in [1.807, 2.05) is 78.9 Å². The van der Waals surface area contributed by atoms with Gasteiger partial charge in [-0.25, -0.2) is 0 Å². The SMILES string of the molecule is O=c1c([C@@H]2[NH2+]CCc3ccccc32)c(O)n(-c2ccccc2)c(=S)n1-c1ccccc1. The highest BCUT2D eigenvalue weighted by molar-refractivity contribution is 7.71. The van der Waals surface area contributed by atoms with Gasteiger partial charge in [-0.05, 0) is 42.0 Å². The minimum atomic E-state index is -0.307. The number of benzene rings is 3. The van der Waals surface area contributed by atoms with Crippen molar-refractivity contribution in [2.45, 2.75) is 12.5 Å². The topological polar surface area (TPSA) is 63.8 Å². The van der Waals surface area contributed by atoms with Crippen LogP contribution < -0.4 is 10.9 Å². The Balaban J connectivity index is 1.86. The van der Waals surface area contributed by atoms with Crippen LogP contribution in [-0.4, -0.2) is 20.8 Å². The first-order chi connectivity index (χ1) is 15.2. The first kappa shape index (κ1) is 19.5. The second-order valence-electron chi connectivity index (χ2n) is 7.62. The fraction of sp³-hybridized carbons (Fsp3) is 0.120. The van der Waals surface area contributed by atoms with Crippen LogP contribution in [0.4, 0.5) is 0 Å². The van der Waals surface area contributed by atoms with Crippen molar-refractivity contribution in [2.75, 3.05) is 6.54 Å². The van der Waals surface area contributed by atoms with Crippen molar-refractivity contribution in [2.24, 2.45) is 0 Å². The van der Waals surface area contributed by atoms with E-state index in [0.717, 1.165) is 18.5 Å². The van der Waals surface area contributed by atoms with E-state index < -0.39 is 0 Å². The molecule has 5 rings (SSSR count). The van der Waals surface area contributed by atoms with Crippen LogP contribution in [0.1, 0.15) is 22.7 Å². The average Bonchev–Trinajstić information content (AvgIpc) is 2.81. The second kappa shape index (κ2) is 7.98. The number of aromatic nitrogens is 2. The Morgan fingerprint density at radius 3 is 2.10 bits per heavy atom. The molecule has 0 amide bonds. The van der Waals surface area contributed by atoms with Crippen molar-refractivity contribution < 1.29 is 10.4 Å². The molecule has 1 aliphatic rings. The van der Waals surface area contributed by atoms with Crippen LogP contribution in [-0.2, 0) is 6.42 Å². The van der Waals surface area contributed by atoms with Gasteiger partial charge in [0.25, 0.3) is 5.56 Å². The molecule has 0 bridgehead atoms. The zero-order valence-corrected chi connectivity index (χ0v) is 17.6. The molecule has 154 valence electrons. The van der Waals surface area contributed by atoms with E-state index in [4.69, 9.17) is 12.2 Å². The van der Waals surface area contributed by atoms with E-state index in [2.05, 4.69) is 11.4 Å². The van der Waals surface area contributed by atoms with E-state index in [1.165, 1.54) is 10.1 Å². The van der Waals surface area contributed by atoms with Crippen LogP contribution in [0.5, 0.6) is 5.88 Å². The monoisotopic (exact) mass is 428 g/mol. The van der Waals surface area contributed by atoms with Crippen LogP contribution in [0.2, 0.25) is 0 Å². The van der Waals surface area contributed by atoms with E-state index in [1.54, 1.807) is 4.57 Å². The Kier molecular flexibility index (Phi) is 5.02. The molecule has 0 fully saturated rings. The molecule has 1 atom stereocenters. The summed E-state index contributed by atoms with van der Waals surface area (Å²) in [7, 11) is 0. The maximum Gasteiger partial charge on any atom is 0.272 e. The zero-order valence-electron chi connectivity index (χ0n) is 16.8. The van der Waals surface area contributed by atoms with Gasteiger partial charge in [0.1, 0.15) is 11.6 Å². The fourth-order valence-electron chi connectivity index (χ4n) is 4.37. The number of aromatic hydroxyl groups is 1. The van der Waals surface area contributed by atoms with E-state index >= 15 is 0 Å². The zero-order chi connectivity index (χ0) is 21.4. The average molecular weight is 429 g/mol. The Morgan fingerprint density at radius 2 is 1.42 bits per heavy atom. The van der Waals surface area contributed by atoms with Gasteiger partial charge in [-0.2, -0.15) is 0 Å². The predicted octanol–water partition coefficient (Wildman–Crippen LogP) is 3.27. The highest BCUT2D eigenvalue weighted by Gasteiger charge is 2.32. The fourth-order valence-corrected chi connectivity index (χ4v) is 4.75. The van der Waals surface area contributed by atoms with Gasteiger partial charge in [0.05, 0.1) is 17.9 Å². The van der Waals surface area contributed by atoms with Crippen LogP contribution in [0.25, 0.3) is 11.4 Å². The van der Waals surface area contributed by atoms with Crippen LogP contribution >= 0.6 is 12.2 Å². The van der Waals surface area contributed by atoms with Gasteiger partial charge in [-0.3, -0.25) is 13.9 Å². The molecule has 2 heterocycles. The Labute approximate surface area is 184 Å². The lowest BCUT2D eigenvalue weighted by Gasteiger charge is -2.26. The Morgan fingerprint density at radius 1 is 0.839 bits per heavy atom. The van der Waals surface area contributed by atoms with E-state index in [9.17, 15) is 9.90 Å².